The Bertz CT molecular complexity index is 1010. The third-order valence-corrected chi connectivity index (χ3v) is 4.17. The van der Waals surface area contributed by atoms with Gasteiger partial charge in [0.15, 0.2) is 17.4 Å². The minimum Gasteiger partial charge on any atom is -0.505 e. The number of carbonyl (C=O) groups excluding carboxylic acids is 1. The van der Waals surface area contributed by atoms with Gasteiger partial charge >= 0.3 is 0 Å². The molecule has 0 bridgehead atoms. The van der Waals surface area contributed by atoms with Crippen LogP contribution in [0.25, 0.3) is 0 Å². The topological polar surface area (TPSA) is 104 Å². The van der Waals surface area contributed by atoms with E-state index in [-0.39, 0.29) is 17.2 Å². The number of aromatic nitrogens is 2. The van der Waals surface area contributed by atoms with Crippen LogP contribution in [0, 0.1) is 25.7 Å². The van der Waals surface area contributed by atoms with E-state index in [1.54, 1.807) is 32.3 Å². The standard InChI is InChI=1S/C17H19N5O3S.C4H10.C2H2/c1-10-7-8-11(25-10)9-18-15-16(21-26-20-15)19-13-6-4-5-12(14(13)23)17(24)22(2)3;1-4(2)3;1-2/h4-8,23H,9H2,1-3H3,(H,18,20)(H,19,21);4H,1-3H3;1-2H. The zero-order chi connectivity index (χ0) is 24.3. The Kier molecular flexibility index (Phi) is 10.8. The maximum Gasteiger partial charge on any atom is 0.257 e. The van der Waals surface area contributed by atoms with E-state index in [1.165, 1.54) is 4.90 Å². The summed E-state index contributed by atoms with van der Waals surface area (Å²) in [5.41, 5.74) is 0.589. The van der Waals surface area contributed by atoms with Gasteiger partial charge in [-0.2, -0.15) is 8.75 Å². The fourth-order valence-electron chi connectivity index (χ4n) is 2.32. The monoisotopic (exact) mass is 457 g/mol. The zero-order valence-corrected chi connectivity index (χ0v) is 20.2. The maximum absolute atomic E-state index is 12.1. The second kappa shape index (κ2) is 13.0. The maximum atomic E-state index is 12.1. The van der Waals surface area contributed by atoms with Crippen LogP contribution >= 0.6 is 11.7 Å². The molecule has 2 heterocycles. The van der Waals surface area contributed by atoms with Crippen molar-refractivity contribution in [2.75, 3.05) is 24.7 Å². The highest BCUT2D eigenvalue weighted by atomic mass is 32.1. The van der Waals surface area contributed by atoms with Crippen LogP contribution in [0.2, 0.25) is 0 Å². The number of benzene rings is 1. The highest BCUT2D eigenvalue weighted by Crippen LogP contribution is 2.32. The van der Waals surface area contributed by atoms with Crippen molar-refractivity contribution in [3.05, 3.63) is 47.4 Å². The van der Waals surface area contributed by atoms with Crippen molar-refractivity contribution in [2.24, 2.45) is 5.92 Å². The van der Waals surface area contributed by atoms with Crippen LogP contribution in [0.4, 0.5) is 17.3 Å². The number of hydrogen-bond acceptors (Lipinski definition) is 8. The van der Waals surface area contributed by atoms with Gasteiger partial charge in [-0.05, 0) is 37.1 Å². The van der Waals surface area contributed by atoms with Gasteiger partial charge in [0.2, 0.25) is 0 Å². The number of amides is 1. The van der Waals surface area contributed by atoms with Gasteiger partial charge < -0.3 is 25.1 Å². The van der Waals surface area contributed by atoms with Crippen molar-refractivity contribution in [2.45, 2.75) is 34.2 Å². The molecule has 1 amide bonds. The summed E-state index contributed by atoms with van der Waals surface area (Å²) in [6.45, 7) is 8.84. The van der Waals surface area contributed by atoms with Gasteiger partial charge in [-0.1, -0.05) is 26.8 Å². The number of nitrogens with zero attached hydrogens (tertiary/aromatic N) is 3. The number of rotatable bonds is 6. The summed E-state index contributed by atoms with van der Waals surface area (Å²) in [6, 6.07) is 8.71. The van der Waals surface area contributed by atoms with Crippen LogP contribution in [0.1, 0.15) is 42.6 Å². The fraction of sp³-hybridized carbons (Fsp3) is 0.348. The lowest BCUT2D eigenvalue weighted by Crippen LogP contribution is -2.21. The SMILES string of the molecule is C#C.CC(C)C.Cc1ccc(CNc2nsnc2Nc2cccc(C(=O)N(C)C)c2O)o1. The highest BCUT2D eigenvalue weighted by Gasteiger charge is 2.17. The minimum absolute atomic E-state index is 0.133. The van der Waals surface area contributed by atoms with Crippen LogP contribution in [0.5, 0.6) is 5.75 Å². The predicted octanol–water partition coefficient (Wildman–Crippen LogP) is 5.11. The summed E-state index contributed by atoms with van der Waals surface area (Å²) in [4.78, 5) is 13.5. The molecule has 0 saturated carbocycles. The molecule has 3 aromatic rings. The number of nitrogens with one attached hydrogen (secondary N) is 2. The largest absolute Gasteiger partial charge is 0.505 e. The van der Waals surface area contributed by atoms with E-state index in [0.717, 1.165) is 29.2 Å². The molecule has 3 rings (SSSR count). The predicted molar refractivity (Wildman–Crippen MR) is 130 cm³/mol. The molecule has 172 valence electrons. The first kappa shape index (κ1) is 26.5. The number of aryl methyl sites for hydroxylation is 1. The normalized spacial score (nSPS) is 9.78. The number of phenolic OH excluding ortho intramolecular Hbond substituents is 1. The van der Waals surface area contributed by atoms with Crippen molar-refractivity contribution in [1.29, 1.82) is 0 Å². The summed E-state index contributed by atoms with van der Waals surface area (Å²) in [5, 5.41) is 16.6. The first-order chi connectivity index (χ1) is 15.2. The zero-order valence-electron chi connectivity index (χ0n) is 19.3. The van der Waals surface area contributed by atoms with Gasteiger partial charge in [0.05, 0.1) is 29.5 Å². The lowest BCUT2D eigenvalue weighted by molar-refractivity contribution is 0.0824. The van der Waals surface area contributed by atoms with E-state index in [0.29, 0.717) is 23.9 Å². The third kappa shape index (κ3) is 7.96. The van der Waals surface area contributed by atoms with E-state index in [2.05, 4.69) is 53.0 Å². The quantitative estimate of drug-likeness (QED) is 0.349. The summed E-state index contributed by atoms with van der Waals surface area (Å²) in [6.07, 6.45) is 8.00. The van der Waals surface area contributed by atoms with E-state index in [4.69, 9.17) is 4.42 Å². The second-order valence-corrected chi connectivity index (χ2v) is 8.11. The molecule has 0 aliphatic carbocycles. The molecule has 0 aliphatic rings. The van der Waals surface area contributed by atoms with Crippen LogP contribution in [0.3, 0.4) is 0 Å². The van der Waals surface area contributed by atoms with Crippen molar-refractivity contribution in [3.8, 4) is 18.6 Å². The average molecular weight is 458 g/mol. The molecule has 0 fully saturated rings. The average Bonchev–Trinajstić information content (AvgIpc) is 3.37. The van der Waals surface area contributed by atoms with Crippen LogP contribution in [0.15, 0.2) is 34.7 Å². The summed E-state index contributed by atoms with van der Waals surface area (Å²) < 4.78 is 13.9. The molecular weight excluding hydrogens is 426 g/mol. The number of anilines is 3. The third-order valence-electron chi connectivity index (χ3n) is 3.64. The molecule has 0 unspecified atom stereocenters. The van der Waals surface area contributed by atoms with Gasteiger partial charge in [-0.15, -0.1) is 12.8 Å². The Morgan fingerprint density at radius 1 is 1.16 bits per heavy atom. The lowest BCUT2D eigenvalue weighted by atomic mass is 10.1. The highest BCUT2D eigenvalue weighted by molar-refractivity contribution is 6.99. The Morgan fingerprint density at radius 3 is 2.34 bits per heavy atom. The lowest BCUT2D eigenvalue weighted by Gasteiger charge is -2.14. The molecule has 2 aromatic heterocycles. The number of furan rings is 1. The minimum atomic E-state index is -0.283. The van der Waals surface area contributed by atoms with Crippen molar-refractivity contribution >= 4 is 35.0 Å². The smallest absolute Gasteiger partial charge is 0.257 e. The van der Waals surface area contributed by atoms with E-state index >= 15 is 0 Å². The molecule has 0 aliphatic heterocycles. The van der Waals surface area contributed by atoms with Crippen LogP contribution in [-0.2, 0) is 6.54 Å². The Hall–Kier alpha value is -3.51. The van der Waals surface area contributed by atoms with E-state index in [9.17, 15) is 9.90 Å². The molecular formula is C23H31N5O3S. The molecule has 3 N–H and O–H groups in total. The van der Waals surface area contributed by atoms with E-state index < -0.39 is 0 Å². The molecule has 0 radical (unpaired) electrons. The van der Waals surface area contributed by atoms with Crippen molar-refractivity contribution in [3.63, 3.8) is 0 Å². The van der Waals surface area contributed by atoms with E-state index in [1.807, 2.05) is 19.1 Å². The molecule has 0 atom stereocenters. The number of para-hydroxylation sites is 1. The molecule has 9 heteroatoms. The first-order valence-corrected chi connectivity index (χ1v) is 10.7. The van der Waals surface area contributed by atoms with Crippen molar-refractivity contribution < 1.29 is 14.3 Å². The Labute approximate surface area is 194 Å². The number of hydrogen-bond donors (Lipinski definition) is 3. The summed E-state index contributed by atoms with van der Waals surface area (Å²) in [7, 11) is 3.26. The molecule has 1 aromatic carbocycles. The second-order valence-electron chi connectivity index (χ2n) is 7.59. The summed E-state index contributed by atoms with van der Waals surface area (Å²) >= 11 is 1.03. The van der Waals surface area contributed by atoms with Gasteiger partial charge in [0.1, 0.15) is 11.5 Å². The Morgan fingerprint density at radius 2 is 1.78 bits per heavy atom. The Balaban J connectivity index is 0.000000769. The number of terminal acetylenes is 1. The van der Waals surface area contributed by atoms with Gasteiger partial charge in [0, 0.05) is 14.1 Å². The molecule has 0 saturated heterocycles. The fourth-order valence-corrected chi connectivity index (χ4v) is 2.81. The first-order valence-electron chi connectivity index (χ1n) is 9.94. The summed E-state index contributed by atoms with van der Waals surface area (Å²) in [5.74, 6) is 3.03. The van der Waals surface area contributed by atoms with Gasteiger partial charge in [-0.25, -0.2) is 0 Å². The van der Waals surface area contributed by atoms with Crippen LogP contribution in [-0.4, -0.2) is 38.8 Å². The van der Waals surface area contributed by atoms with Gasteiger partial charge in [0.25, 0.3) is 5.91 Å². The van der Waals surface area contributed by atoms with Crippen molar-refractivity contribution in [1.82, 2.24) is 13.6 Å². The molecule has 0 spiro atoms. The number of aromatic hydroxyl groups is 1. The molecule has 8 nitrogen and oxygen atoms in total. The molecule has 32 heavy (non-hydrogen) atoms. The number of carbonyl (C=O) groups is 1. The number of phenols is 1. The van der Waals surface area contributed by atoms with Gasteiger partial charge in [-0.3, -0.25) is 4.79 Å². The van der Waals surface area contributed by atoms with Crippen LogP contribution < -0.4 is 10.6 Å².